The highest BCUT2D eigenvalue weighted by molar-refractivity contribution is 7.09. The third-order valence-electron chi connectivity index (χ3n) is 3.52. The molecular formula is C17H22N2O3S. The summed E-state index contributed by atoms with van der Waals surface area (Å²) in [4.78, 5) is 16.8. The molecule has 0 saturated carbocycles. The van der Waals surface area contributed by atoms with Crippen molar-refractivity contribution in [3.63, 3.8) is 0 Å². The standard InChI is InChI=1S/C17H22N2O3S/c1-17(8-9-20,12-22-2)19-16(21)14-11-23-15(18-14)10-13-6-4-3-5-7-13/h3-7,11,20H,8-10,12H2,1-2H3,(H,19,21). The molecule has 2 N–H and O–H groups in total. The van der Waals surface area contributed by atoms with E-state index in [1.807, 2.05) is 37.3 Å². The van der Waals surface area contributed by atoms with Crippen LogP contribution in [0.15, 0.2) is 35.7 Å². The molecule has 0 aliphatic heterocycles. The van der Waals surface area contributed by atoms with Gasteiger partial charge in [0.05, 0.1) is 17.2 Å². The van der Waals surface area contributed by atoms with Gasteiger partial charge in [-0.2, -0.15) is 0 Å². The van der Waals surface area contributed by atoms with Gasteiger partial charge in [0, 0.05) is 25.5 Å². The Bertz CT molecular complexity index is 622. The van der Waals surface area contributed by atoms with Crippen LogP contribution >= 0.6 is 11.3 Å². The molecule has 0 aliphatic rings. The van der Waals surface area contributed by atoms with E-state index in [9.17, 15) is 4.79 Å². The van der Waals surface area contributed by atoms with Crippen LogP contribution < -0.4 is 5.32 Å². The number of benzene rings is 1. The van der Waals surface area contributed by atoms with E-state index in [0.29, 0.717) is 25.1 Å². The Hall–Kier alpha value is -1.76. The second-order valence-electron chi connectivity index (χ2n) is 5.71. The minimum atomic E-state index is -0.607. The molecule has 0 saturated heterocycles. The number of aliphatic hydroxyl groups excluding tert-OH is 1. The number of ether oxygens (including phenoxy) is 1. The normalized spacial score (nSPS) is 13.5. The summed E-state index contributed by atoms with van der Waals surface area (Å²) < 4.78 is 5.14. The van der Waals surface area contributed by atoms with Crippen LogP contribution in [0.1, 0.15) is 34.4 Å². The fourth-order valence-electron chi connectivity index (χ4n) is 2.34. The largest absolute Gasteiger partial charge is 0.396 e. The number of nitrogens with one attached hydrogen (secondary N) is 1. The Morgan fingerprint density at radius 1 is 1.39 bits per heavy atom. The van der Waals surface area contributed by atoms with Gasteiger partial charge in [-0.1, -0.05) is 30.3 Å². The number of carbonyl (C=O) groups is 1. The lowest BCUT2D eigenvalue weighted by Crippen LogP contribution is -2.50. The monoisotopic (exact) mass is 334 g/mol. The number of aliphatic hydroxyl groups is 1. The van der Waals surface area contributed by atoms with Gasteiger partial charge in [-0.3, -0.25) is 4.79 Å². The number of amides is 1. The van der Waals surface area contributed by atoms with Gasteiger partial charge in [-0.15, -0.1) is 11.3 Å². The summed E-state index contributed by atoms with van der Waals surface area (Å²) in [5.74, 6) is -0.242. The molecule has 2 rings (SSSR count). The maximum atomic E-state index is 12.4. The number of nitrogens with zero attached hydrogens (tertiary/aromatic N) is 1. The van der Waals surface area contributed by atoms with Gasteiger partial charge in [0.2, 0.25) is 0 Å². The van der Waals surface area contributed by atoms with Crippen LogP contribution in [0.2, 0.25) is 0 Å². The summed E-state index contributed by atoms with van der Waals surface area (Å²) in [5, 5.41) is 14.7. The zero-order valence-electron chi connectivity index (χ0n) is 13.4. The summed E-state index contributed by atoms with van der Waals surface area (Å²) in [6.07, 6.45) is 1.14. The van der Waals surface area contributed by atoms with Crippen molar-refractivity contribution < 1.29 is 14.6 Å². The third-order valence-corrected chi connectivity index (χ3v) is 4.37. The second-order valence-corrected chi connectivity index (χ2v) is 6.65. The van der Waals surface area contributed by atoms with Gasteiger partial charge in [0.25, 0.3) is 5.91 Å². The van der Waals surface area contributed by atoms with Crippen molar-refractivity contribution in [1.82, 2.24) is 10.3 Å². The van der Waals surface area contributed by atoms with Crippen LogP contribution in [0.5, 0.6) is 0 Å². The second kappa shape index (κ2) is 8.19. The van der Waals surface area contributed by atoms with E-state index in [1.54, 1.807) is 12.5 Å². The van der Waals surface area contributed by atoms with E-state index in [-0.39, 0.29) is 12.5 Å². The molecule has 5 nitrogen and oxygen atoms in total. The average molecular weight is 334 g/mol. The topological polar surface area (TPSA) is 71.5 Å². The maximum absolute atomic E-state index is 12.4. The molecule has 6 heteroatoms. The van der Waals surface area contributed by atoms with E-state index in [2.05, 4.69) is 10.3 Å². The fraction of sp³-hybridized carbons (Fsp3) is 0.412. The number of thiazole rings is 1. The third kappa shape index (κ3) is 5.13. The molecule has 0 radical (unpaired) electrons. The van der Waals surface area contributed by atoms with E-state index in [4.69, 9.17) is 9.84 Å². The highest BCUT2D eigenvalue weighted by Crippen LogP contribution is 2.16. The first kappa shape index (κ1) is 17.6. The molecular weight excluding hydrogens is 312 g/mol. The Kier molecular flexibility index (Phi) is 6.27. The molecule has 1 aromatic heterocycles. The van der Waals surface area contributed by atoms with Crippen molar-refractivity contribution in [1.29, 1.82) is 0 Å². The SMILES string of the molecule is COCC(C)(CCO)NC(=O)c1csc(Cc2ccccc2)n1. The van der Waals surface area contributed by atoms with Crippen LogP contribution in [0.4, 0.5) is 0 Å². The van der Waals surface area contributed by atoms with E-state index < -0.39 is 5.54 Å². The molecule has 124 valence electrons. The lowest BCUT2D eigenvalue weighted by molar-refractivity contribution is 0.0722. The number of aromatic nitrogens is 1. The summed E-state index contributed by atoms with van der Waals surface area (Å²) in [5.41, 5.74) is 0.962. The quantitative estimate of drug-likeness (QED) is 0.777. The highest BCUT2D eigenvalue weighted by Gasteiger charge is 2.27. The van der Waals surface area contributed by atoms with Gasteiger partial charge in [0.15, 0.2) is 0 Å². The Morgan fingerprint density at radius 3 is 2.78 bits per heavy atom. The van der Waals surface area contributed by atoms with Crippen molar-refractivity contribution in [2.24, 2.45) is 0 Å². The van der Waals surface area contributed by atoms with Gasteiger partial charge < -0.3 is 15.2 Å². The molecule has 0 fully saturated rings. The minimum Gasteiger partial charge on any atom is -0.396 e. The first-order chi connectivity index (χ1) is 11.1. The Balaban J connectivity index is 2.03. The van der Waals surface area contributed by atoms with Crippen LogP contribution in [0, 0.1) is 0 Å². The zero-order chi connectivity index (χ0) is 16.7. The maximum Gasteiger partial charge on any atom is 0.271 e. The van der Waals surface area contributed by atoms with Gasteiger partial charge in [-0.05, 0) is 18.9 Å². The van der Waals surface area contributed by atoms with Gasteiger partial charge >= 0.3 is 0 Å². The van der Waals surface area contributed by atoms with Crippen molar-refractivity contribution >= 4 is 17.2 Å². The van der Waals surface area contributed by atoms with Crippen molar-refractivity contribution in [3.8, 4) is 0 Å². The van der Waals surface area contributed by atoms with Crippen LogP contribution in [-0.2, 0) is 11.2 Å². The first-order valence-electron chi connectivity index (χ1n) is 7.47. The molecule has 1 amide bonds. The van der Waals surface area contributed by atoms with Crippen LogP contribution in [0.25, 0.3) is 0 Å². The lowest BCUT2D eigenvalue weighted by atomic mass is 9.99. The summed E-state index contributed by atoms with van der Waals surface area (Å²) >= 11 is 1.47. The highest BCUT2D eigenvalue weighted by atomic mass is 32.1. The molecule has 1 unspecified atom stereocenters. The molecule has 2 aromatic rings. The number of rotatable bonds is 8. The minimum absolute atomic E-state index is 0.0174. The zero-order valence-corrected chi connectivity index (χ0v) is 14.2. The van der Waals surface area contributed by atoms with Gasteiger partial charge in [0.1, 0.15) is 5.69 Å². The van der Waals surface area contributed by atoms with E-state index >= 15 is 0 Å². The average Bonchev–Trinajstić information content (AvgIpc) is 2.97. The molecule has 23 heavy (non-hydrogen) atoms. The van der Waals surface area contributed by atoms with E-state index in [1.165, 1.54) is 16.9 Å². The van der Waals surface area contributed by atoms with Gasteiger partial charge in [-0.25, -0.2) is 4.98 Å². The van der Waals surface area contributed by atoms with Crippen LogP contribution in [0.3, 0.4) is 0 Å². The van der Waals surface area contributed by atoms with Crippen LogP contribution in [-0.4, -0.2) is 41.9 Å². The fourth-order valence-corrected chi connectivity index (χ4v) is 3.15. The lowest BCUT2D eigenvalue weighted by Gasteiger charge is -2.29. The molecule has 1 heterocycles. The number of hydrogen-bond acceptors (Lipinski definition) is 5. The number of hydrogen-bond donors (Lipinski definition) is 2. The Labute approximate surface area is 140 Å². The Morgan fingerprint density at radius 2 is 2.13 bits per heavy atom. The smallest absolute Gasteiger partial charge is 0.271 e. The predicted molar refractivity (Wildman–Crippen MR) is 90.8 cm³/mol. The molecule has 1 atom stereocenters. The summed E-state index contributed by atoms with van der Waals surface area (Å²) in [6, 6.07) is 10.0. The number of methoxy groups -OCH3 is 1. The summed E-state index contributed by atoms with van der Waals surface area (Å²) in [7, 11) is 1.57. The van der Waals surface area contributed by atoms with Crippen molar-refractivity contribution in [3.05, 3.63) is 52.0 Å². The summed E-state index contributed by atoms with van der Waals surface area (Å²) in [6.45, 7) is 2.17. The predicted octanol–water partition coefficient (Wildman–Crippen LogP) is 2.25. The molecule has 0 spiro atoms. The van der Waals surface area contributed by atoms with Crippen molar-refractivity contribution in [2.75, 3.05) is 20.3 Å². The first-order valence-corrected chi connectivity index (χ1v) is 8.35. The molecule has 0 bridgehead atoms. The molecule has 1 aromatic carbocycles. The van der Waals surface area contributed by atoms with Crippen molar-refractivity contribution in [2.45, 2.75) is 25.3 Å². The van der Waals surface area contributed by atoms with E-state index in [0.717, 1.165) is 5.01 Å². The molecule has 0 aliphatic carbocycles. The number of carbonyl (C=O) groups excluding carboxylic acids is 1.